The van der Waals surface area contributed by atoms with E-state index in [4.69, 9.17) is 0 Å². The van der Waals surface area contributed by atoms with Crippen LogP contribution >= 0.6 is 0 Å². The summed E-state index contributed by atoms with van der Waals surface area (Å²) in [5.74, 6) is 1.37. The first-order valence-electron chi connectivity index (χ1n) is 7.78. The van der Waals surface area contributed by atoms with Crippen molar-refractivity contribution >= 4 is 17.1 Å². The monoisotopic (exact) mass is 293 g/mol. The zero-order chi connectivity index (χ0) is 15.3. The molecular formula is C18H19N3O. The number of hydrogen-bond acceptors (Lipinski definition) is 3. The number of para-hydroxylation sites is 1. The van der Waals surface area contributed by atoms with E-state index >= 15 is 0 Å². The van der Waals surface area contributed by atoms with Gasteiger partial charge in [-0.3, -0.25) is 4.79 Å². The SMILES string of the molecule is CC1(C)[C@H]2CC=C(C=Nn3cnc4ccccc4c3=O)[C@H]1C2. The molecule has 0 amide bonds. The Bertz CT molecular complexity index is 860. The molecule has 0 radical (unpaired) electrons. The Balaban J connectivity index is 1.68. The Kier molecular flexibility index (Phi) is 2.83. The highest BCUT2D eigenvalue weighted by atomic mass is 16.1. The second-order valence-electron chi connectivity index (χ2n) is 6.90. The predicted octanol–water partition coefficient (Wildman–Crippen LogP) is 3.22. The first-order chi connectivity index (χ1) is 10.6. The van der Waals surface area contributed by atoms with E-state index in [1.54, 1.807) is 6.07 Å². The molecule has 1 fully saturated rings. The Morgan fingerprint density at radius 1 is 1.36 bits per heavy atom. The molecule has 1 aromatic heterocycles. The third-order valence-corrected chi connectivity index (χ3v) is 5.49. The summed E-state index contributed by atoms with van der Waals surface area (Å²) < 4.78 is 1.33. The molecule has 2 bridgehead atoms. The van der Waals surface area contributed by atoms with Crippen LogP contribution in [-0.4, -0.2) is 15.9 Å². The smallest absolute Gasteiger partial charge is 0.267 e. The van der Waals surface area contributed by atoms with Crippen LogP contribution in [-0.2, 0) is 0 Å². The molecule has 0 aliphatic heterocycles. The van der Waals surface area contributed by atoms with Crippen LogP contribution in [0.3, 0.4) is 0 Å². The van der Waals surface area contributed by atoms with Gasteiger partial charge in [0.25, 0.3) is 5.56 Å². The third-order valence-electron chi connectivity index (χ3n) is 5.49. The van der Waals surface area contributed by atoms with Gasteiger partial charge in [0.1, 0.15) is 6.33 Å². The van der Waals surface area contributed by atoms with E-state index in [0.29, 0.717) is 22.2 Å². The largest absolute Gasteiger partial charge is 0.281 e. The standard InChI is InChI=1S/C18H19N3O/c1-18(2)13-8-7-12(15(18)9-13)10-20-21-11-19-16-6-4-3-5-14(16)17(21)22/h3-7,10-11,13,15H,8-9H2,1-2H3/t13-,15+/m0/s1. The van der Waals surface area contributed by atoms with E-state index in [1.807, 2.05) is 24.4 Å². The van der Waals surface area contributed by atoms with Crippen molar-refractivity contribution in [1.82, 2.24) is 9.66 Å². The topological polar surface area (TPSA) is 47.2 Å². The Morgan fingerprint density at radius 2 is 2.18 bits per heavy atom. The highest BCUT2D eigenvalue weighted by molar-refractivity contribution is 5.81. The number of rotatable bonds is 2. The molecule has 4 nitrogen and oxygen atoms in total. The Labute approximate surface area is 129 Å². The number of fused-ring (bicyclic) bond motifs is 2. The van der Waals surface area contributed by atoms with Crippen LogP contribution in [0.1, 0.15) is 26.7 Å². The van der Waals surface area contributed by atoms with Crippen molar-refractivity contribution in [3.05, 3.63) is 52.6 Å². The van der Waals surface area contributed by atoms with Crippen LogP contribution < -0.4 is 5.56 Å². The van der Waals surface area contributed by atoms with Crippen molar-refractivity contribution in [2.75, 3.05) is 0 Å². The molecule has 112 valence electrons. The van der Waals surface area contributed by atoms with Crippen LogP contribution in [0, 0.1) is 17.3 Å². The molecule has 1 aromatic carbocycles. The lowest BCUT2D eigenvalue weighted by Crippen LogP contribution is -2.48. The number of allylic oxidation sites excluding steroid dienone is 2. The van der Waals surface area contributed by atoms with Crippen LogP contribution in [0.25, 0.3) is 10.9 Å². The number of benzene rings is 1. The van der Waals surface area contributed by atoms with Gasteiger partial charge < -0.3 is 0 Å². The molecular weight excluding hydrogens is 274 g/mol. The second-order valence-corrected chi connectivity index (χ2v) is 6.90. The van der Waals surface area contributed by atoms with Gasteiger partial charge in [0.15, 0.2) is 0 Å². The zero-order valence-corrected chi connectivity index (χ0v) is 12.9. The lowest BCUT2D eigenvalue weighted by molar-refractivity contribution is -0.00127. The summed E-state index contributed by atoms with van der Waals surface area (Å²) in [6.45, 7) is 4.66. The molecule has 2 aromatic rings. The molecule has 5 rings (SSSR count). The molecule has 0 unspecified atom stereocenters. The molecule has 2 atom stereocenters. The van der Waals surface area contributed by atoms with Gasteiger partial charge in [0, 0.05) is 0 Å². The minimum Gasteiger partial charge on any atom is -0.267 e. The van der Waals surface area contributed by atoms with Gasteiger partial charge in [-0.1, -0.05) is 32.1 Å². The van der Waals surface area contributed by atoms with Gasteiger partial charge in [-0.2, -0.15) is 9.78 Å². The van der Waals surface area contributed by atoms with E-state index in [2.05, 4.69) is 30.0 Å². The molecule has 3 aliphatic rings. The molecule has 1 saturated carbocycles. The first-order valence-corrected chi connectivity index (χ1v) is 7.78. The van der Waals surface area contributed by atoms with E-state index in [9.17, 15) is 4.79 Å². The summed E-state index contributed by atoms with van der Waals surface area (Å²) in [5, 5.41) is 4.97. The van der Waals surface area contributed by atoms with E-state index in [1.165, 1.54) is 23.0 Å². The normalized spacial score (nSPS) is 26.0. The number of aromatic nitrogens is 2. The van der Waals surface area contributed by atoms with Gasteiger partial charge in [-0.15, -0.1) is 0 Å². The maximum atomic E-state index is 12.4. The Hall–Kier alpha value is -2.23. The fourth-order valence-corrected chi connectivity index (χ4v) is 3.82. The van der Waals surface area contributed by atoms with Gasteiger partial charge in [0.05, 0.1) is 17.1 Å². The van der Waals surface area contributed by atoms with E-state index in [0.717, 1.165) is 12.3 Å². The van der Waals surface area contributed by atoms with Crippen LogP contribution in [0.2, 0.25) is 0 Å². The fourth-order valence-electron chi connectivity index (χ4n) is 3.82. The zero-order valence-electron chi connectivity index (χ0n) is 12.9. The lowest BCUT2D eigenvalue weighted by atomic mass is 9.49. The maximum Gasteiger partial charge on any atom is 0.281 e. The van der Waals surface area contributed by atoms with Crippen molar-refractivity contribution in [3.63, 3.8) is 0 Å². The Morgan fingerprint density at radius 3 is 2.95 bits per heavy atom. The van der Waals surface area contributed by atoms with Gasteiger partial charge in [-0.25, -0.2) is 4.98 Å². The van der Waals surface area contributed by atoms with Crippen molar-refractivity contribution in [2.45, 2.75) is 26.7 Å². The van der Waals surface area contributed by atoms with Crippen LogP contribution in [0.15, 0.2) is 52.1 Å². The molecule has 0 N–H and O–H groups in total. The van der Waals surface area contributed by atoms with Crippen molar-refractivity contribution < 1.29 is 0 Å². The minimum atomic E-state index is -0.121. The molecule has 0 spiro atoms. The molecule has 22 heavy (non-hydrogen) atoms. The fraction of sp³-hybridized carbons (Fsp3) is 0.389. The van der Waals surface area contributed by atoms with Crippen LogP contribution in [0.4, 0.5) is 0 Å². The maximum absolute atomic E-state index is 12.4. The lowest BCUT2D eigenvalue weighted by Gasteiger charge is -2.55. The summed E-state index contributed by atoms with van der Waals surface area (Å²) in [7, 11) is 0. The molecule has 3 aliphatic carbocycles. The average molecular weight is 293 g/mol. The molecule has 0 saturated heterocycles. The minimum absolute atomic E-state index is 0.121. The van der Waals surface area contributed by atoms with Gasteiger partial charge in [0.2, 0.25) is 0 Å². The van der Waals surface area contributed by atoms with Gasteiger partial charge >= 0.3 is 0 Å². The first kappa shape index (κ1) is 13.4. The summed E-state index contributed by atoms with van der Waals surface area (Å²) >= 11 is 0. The van der Waals surface area contributed by atoms with E-state index < -0.39 is 0 Å². The number of nitrogens with zero attached hydrogens (tertiary/aromatic N) is 3. The second kappa shape index (κ2) is 4.63. The summed E-state index contributed by atoms with van der Waals surface area (Å²) in [6.07, 6.45) is 7.98. The summed E-state index contributed by atoms with van der Waals surface area (Å²) in [5.41, 5.74) is 2.21. The van der Waals surface area contributed by atoms with Crippen molar-refractivity contribution in [1.29, 1.82) is 0 Å². The molecule has 1 heterocycles. The summed E-state index contributed by atoms with van der Waals surface area (Å²) in [6, 6.07) is 7.35. The van der Waals surface area contributed by atoms with E-state index in [-0.39, 0.29) is 5.56 Å². The highest BCUT2D eigenvalue weighted by Crippen LogP contribution is 2.58. The van der Waals surface area contributed by atoms with Crippen molar-refractivity contribution in [3.8, 4) is 0 Å². The van der Waals surface area contributed by atoms with Crippen LogP contribution in [0.5, 0.6) is 0 Å². The summed E-state index contributed by atoms with van der Waals surface area (Å²) in [4.78, 5) is 16.7. The van der Waals surface area contributed by atoms with Crippen molar-refractivity contribution in [2.24, 2.45) is 22.4 Å². The average Bonchev–Trinajstić information content (AvgIpc) is 2.54. The quantitative estimate of drug-likeness (QED) is 0.798. The predicted molar refractivity (Wildman–Crippen MR) is 88.0 cm³/mol. The van der Waals surface area contributed by atoms with Gasteiger partial charge in [-0.05, 0) is 47.8 Å². The molecule has 4 heteroatoms. The number of hydrogen-bond donors (Lipinski definition) is 0. The highest BCUT2D eigenvalue weighted by Gasteiger charge is 2.50. The third kappa shape index (κ3) is 1.86.